The van der Waals surface area contributed by atoms with Crippen molar-refractivity contribution in [1.82, 2.24) is 4.90 Å². The third kappa shape index (κ3) is 3.97. The fourth-order valence-electron chi connectivity index (χ4n) is 0.971. The lowest BCUT2D eigenvalue weighted by molar-refractivity contribution is -0.168. The summed E-state index contributed by atoms with van der Waals surface area (Å²) in [5, 5.41) is 16.8. The Kier molecular flexibility index (Phi) is 4.93. The number of carboxylic acid groups (broad SMARTS) is 1. The van der Waals surface area contributed by atoms with Gasteiger partial charge in [0.1, 0.15) is 0 Å². The summed E-state index contributed by atoms with van der Waals surface area (Å²) in [7, 11) is 0. The van der Waals surface area contributed by atoms with Crippen LogP contribution in [0.25, 0.3) is 0 Å². The third-order valence-corrected chi connectivity index (χ3v) is 1.83. The minimum atomic E-state index is -3.76. The number of aliphatic hydroxyl groups is 1. The summed E-state index contributed by atoms with van der Waals surface area (Å²) in [6, 6.07) is -0.229. The first-order valence-electron chi connectivity index (χ1n) is 4.27. The summed E-state index contributed by atoms with van der Waals surface area (Å²) in [6.45, 7) is 2.22. The average molecular weight is 211 g/mol. The predicted octanol–water partition coefficient (Wildman–Crippen LogP) is 0.409. The van der Waals surface area contributed by atoms with E-state index in [0.29, 0.717) is 0 Å². The number of carbonyl (C=O) groups is 1. The summed E-state index contributed by atoms with van der Waals surface area (Å²) in [5.41, 5.74) is 0. The van der Waals surface area contributed by atoms with E-state index in [2.05, 4.69) is 0 Å². The van der Waals surface area contributed by atoms with Gasteiger partial charge < -0.3 is 10.2 Å². The zero-order chi connectivity index (χ0) is 11.4. The highest BCUT2D eigenvalue weighted by Gasteiger charge is 2.40. The van der Waals surface area contributed by atoms with Crippen molar-refractivity contribution in [2.45, 2.75) is 25.8 Å². The molecule has 0 fully saturated rings. The largest absolute Gasteiger partial charge is 0.477 e. The fourth-order valence-corrected chi connectivity index (χ4v) is 0.971. The Morgan fingerprint density at radius 2 is 2.00 bits per heavy atom. The molecule has 0 saturated heterocycles. The highest BCUT2D eigenvalue weighted by molar-refractivity contribution is 5.75. The number of nitrogens with zero attached hydrogens (tertiary/aromatic N) is 1. The molecule has 0 saturated carbocycles. The standard InChI is InChI=1S/C8H15F2NO3/c1-6(2)11(3-4-12)5-8(9,10)7(13)14/h6,12H,3-5H2,1-2H3,(H,13,14). The normalized spacial score (nSPS) is 12.5. The number of hydrogen-bond acceptors (Lipinski definition) is 3. The van der Waals surface area contributed by atoms with Crippen molar-refractivity contribution < 1.29 is 23.8 Å². The van der Waals surface area contributed by atoms with Crippen molar-refractivity contribution in [2.24, 2.45) is 0 Å². The lowest BCUT2D eigenvalue weighted by Crippen LogP contribution is -2.46. The zero-order valence-corrected chi connectivity index (χ0v) is 8.20. The van der Waals surface area contributed by atoms with Crippen LogP contribution in [-0.2, 0) is 4.79 Å². The van der Waals surface area contributed by atoms with E-state index in [-0.39, 0.29) is 19.2 Å². The van der Waals surface area contributed by atoms with Gasteiger partial charge in [-0.15, -0.1) is 0 Å². The minimum Gasteiger partial charge on any atom is -0.477 e. The van der Waals surface area contributed by atoms with Gasteiger partial charge in [-0.3, -0.25) is 4.90 Å². The van der Waals surface area contributed by atoms with Gasteiger partial charge in [0.05, 0.1) is 13.2 Å². The molecule has 0 atom stereocenters. The molecule has 0 unspecified atom stereocenters. The van der Waals surface area contributed by atoms with E-state index in [0.717, 1.165) is 0 Å². The van der Waals surface area contributed by atoms with Gasteiger partial charge in [0.2, 0.25) is 0 Å². The van der Waals surface area contributed by atoms with E-state index in [1.807, 2.05) is 0 Å². The van der Waals surface area contributed by atoms with E-state index in [4.69, 9.17) is 10.2 Å². The van der Waals surface area contributed by atoms with Crippen LogP contribution in [0.5, 0.6) is 0 Å². The number of aliphatic carboxylic acids is 1. The number of halogens is 2. The molecule has 4 nitrogen and oxygen atoms in total. The molecule has 2 N–H and O–H groups in total. The molecule has 0 aliphatic rings. The second-order valence-electron chi connectivity index (χ2n) is 3.30. The number of hydrogen-bond donors (Lipinski definition) is 2. The van der Waals surface area contributed by atoms with Gasteiger partial charge in [0.25, 0.3) is 0 Å². The molecule has 0 aromatic rings. The molecule has 0 spiro atoms. The predicted molar refractivity (Wildman–Crippen MR) is 46.4 cm³/mol. The average Bonchev–Trinajstić information content (AvgIpc) is 2.02. The first kappa shape index (κ1) is 13.2. The van der Waals surface area contributed by atoms with Gasteiger partial charge in [-0.05, 0) is 13.8 Å². The lowest BCUT2D eigenvalue weighted by Gasteiger charge is -2.27. The maximum Gasteiger partial charge on any atom is 0.375 e. The van der Waals surface area contributed by atoms with Crippen LogP contribution in [0.15, 0.2) is 0 Å². The van der Waals surface area contributed by atoms with Crippen LogP contribution in [0.3, 0.4) is 0 Å². The molecule has 6 heteroatoms. The Morgan fingerprint density at radius 3 is 2.29 bits per heavy atom. The van der Waals surface area contributed by atoms with Crippen molar-refractivity contribution in [3.8, 4) is 0 Å². The van der Waals surface area contributed by atoms with E-state index in [9.17, 15) is 13.6 Å². The Hall–Kier alpha value is -0.750. The topological polar surface area (TPSA) is 60.8 Å². The summed E-state index contributed by atoms with van der Waals surface area (Å²) in [4.78, 5) is 11.4. The molecule has 0 rings (SSSR count). The first-order chi connectivity index (χ1) is 6.31. The number of aliphatic hydroxyl groups excluding tert-OH is 1. The van der Waals surface area contributed by atoms with E-state index < -0.39 is 18.4 Å². The van der Waals surface area contributed by atoms with Gasteiger partial charge in [0, 0.05) is 12.6 Å². The van der Waals surface area contributed by atoms with E-state index in [1.54, 1.807) is 13.8 Å². The molecule has 0 aliphatic carbocycles. The number of carboxylic acids is 1. The van der Waals surface area contributed by atoms with Gasteiger partial charge in [0.15, 0.2) is 0 Å². The minimum absolute atomic E-state index is 0.0422. The third-order valence-electron chi connectivity index (χ3n) is 1.83. The van der Waals surface area contributed by atoms with E-state index >= 15 is 0 Å². The molecular weight excluding hydrogens is 196 g/mol. The molecule has 0 radical (unpaired) electrons. The zero-order valence-electron chi connectivity index (χ0n) is 8.20. The van der Waals surface area contributed by atoms with Crippen molar-refractivity contribution >= 4 is 5.97 Å². The fraction of sp³-hybridized carbons (Fsp3) is 0.875. The monoisotopic (exact) mass is 211 g/mol. The van der Waals surface area contributed by atoms with Crippen LogP contribution in [0, 0.1) is 0 Å². The Balaban J connectivity index is 4.35. The summed E-state index contributed by atoms with van der Waals surface area (Å²) in [5.74, 6) is -5.90. The molecule has 0 amide bonds. The Labute approximate surface area is 81.1 Å². The Morgan fingerprint density at radius 1 is 1.50 bits per heavy atom. The number of alkyl halides is 2. The highest BCUT2D eigenvalue weighted by Crippen LogP contribution is 2.16. The SMILES string of the molecule is CC(C)N(CCO)CC(F)(F)C(=O)O. The van der Waals surface area contributed by atoms with Crippen LogP contribution in [0.1, 0.15) is 13.8 Å². The molecule has 0 aromatic heterocycles. The second kappa shape index (κ2) is 5.21. The van der Waals surface area contributed by atoms with Gasteiger partial charge in [-0.1, -0.05) is 0 Å². The number of rotatable bonds is 6. The van der Waals surface area contributed by atoms with Crippen molar-refractivity contribution in [1.29, 1.82) is 0 Å². The van der Waals surface area contributed by atoms with Crippen LogP contribution in [0.2, 0.25) is 0 Å². The molecule has 0 heterocycles. The van der Waals surface area contributed by atoms with Gasteiger partial charge in [-0.2, -0.15) is 8.78 Å². The molecule has 84 valence electrons. The molecule has 14 heavy (non-hydrogen) atoms. The van der Waals surface area contributed by atoms with Crippen molar-refractivity contribution in [3.05, 3.63) is 0 Å². The van der Waals surface area contributed by atoms with Gasteiger partial charge >= 0.3 is 11.9 Å². The smallest absolute Gasteiger partial charge is 0.375 e. The molecular formula is C8H15F2NO3. The Bertz CT molecular complexity index is 197. The van der Waals surface area contributed by atoms with Crippen LogP contribution in [0.4, 0.5) is 8.78 Å². The molecule has 0 aliphatic heterocycles. The first-order valence-corrected chi connectivity index (χ1v) is 4.27. The lowest BCUT2D eigenvalue weighted by atomic mass is 10.2. The second-order valence-corrected chi connectivity index (χ2v) is 3.30. The molecule has 0 bridgehead atoms. The highest BCUT2D eigenvalue weighted by atomic mass is 19.3. The van der Waals surface area contributed by atoms with Gasteiger partial charge in [-0.25, -0.2) is 4.79 Å². The quantitative estimate of drug-likeness (QED) is 0.668. The van der Waals surface area contributed by atoms with Crippen LogP contribution in [-0.4, -0.2) is 52.7 Å². The van der Waals surface area contributed by atoms with Crippen molar-refractivity contribution in [3.63, 3.8) is 0 Å². The van der Waals surface area contributed by atoms with E-state index in [1.165, 1.54) is 4.90 Å². The maximum atomic E-state index is 12.8. The summed E-state index contributed by atoms with van der Waals surface area (Å²) in [6.07, 6.45) is 0. The maximum absolute atomic E-state index is 12.8. The molecule has 0 aromatic carbocycles. The van der Waals surface area contributed by atoms with Crippen molar-refractivity contribution in [2.75, 3.05) is 19.7 Å². The summed E-state index contributed by atoms with van der Waals surface area (Å²) < 4.78 is 25.5. The van der Waals surface area contributed by atoms with Crippen LogP contribution >= 0.6 is 0 Å². The van der Waals surface area contributed by atoms with Crippen LogP contribution < -0.4 is 0 Å². The summed E-state index contributed by atoms with van der Waals surface area (Å²) >= 11 is 0.